The van der Waals surface area contributed by atoms with E-state index in [1.807, 2.05) is 20.8 Å². The Morgan fingerprint density at radius 2 is 1.50 bits per heavy atom. The van der Waals surface area contributed by atoms with Crippen molar-refractivity contribution in [3.63, 3.8) is 0 Å². The van der Waals surface area contributed by atoms with Crippen LogP contribution in [0.25, 0.3) is 0 Å². The molecule has 0 amide bonds. The Morgan fingerprint density at radius 3 is 1.58 bits per heavy atom. The maximum absolute atomic E-state index is 9.52. The zero-order valence-corrected chi connectivity index (χ0v) is 9.55. The van der Waals surface area contributed by atoms with E-state index in [4.69, 9.17) is 0 Å². The van der Waals surface area contributed by atoms with Gasteiger partial charge < -0.3 is 0 Å². The largest absolute Gasteiger partial charge is 0.151 e. The van der Waals surface area contributed by atoms with Crippen molar-refractivity contribution in [1.29, 1.82) is 0 Å². The molecule has 0 radical (unpaired) electrons. The highest BCUT2D eigenvalue weighted by molar-refractivity contribution is 4.50. The van der Waals surface area contributed by atoms with E-state index in [0.29, 0.717) is 12.5 Å². The third-order valence-corrected chi connectivity index (χ3v) is 1.08. The van der Waals surface area contributed by atoms with Gasteiger partial charge in [-0.25, -0.2) is 0 Å². The van der Waals surface area contributed by atoms with E-state index in [-0.39, 0.29) is 0 Å². The first-order chi connectivity index (χ1) is 5.72. The van der Waals surface area contributed by atoms with Crippen LogP contribution in [0.5, 0.6) is 0 Å². The van der Waals surface area contributed by atoms with Crippen LogP contribution in [-0.2, 0) is 0 Å². The van der Waals surface area contributed by atoms with Gasteiger partial charge in [0.25, 0.3) is 0 Å². The van der Waals surface area contributed by atoms with E-state index in [2.05, 4.69) is 25.9 Å². The fourth-order valence-electron chi connectivity index (χ4n) is 0.256. The first-order valence-electron chi connectivity index (χ1n) is 5.01. The summed E-state index contributed by atoms with van der Waals surface area (Å²) < 4.78 is 0. The molecular weight excluding hydrogens is 150 g/mol. The van der Waals surface area contributed by atoms with Gasteiger partial charge >= 0.3 is 0 Å². The zero-order chi connectivity index (χ0) is 10.4. The van der Waals surface area contributed by atoms with Crippen molar-refractivity contribution in [3.05, 3.63) is 4.91 Å². The van der Waals surface area contributed by atoms with E-state index in [1.165, 1.54) is 6.42 Å². The summed E-state index contributed by atoms with van der Waals surface area (Å²) in [6.07, 6.45) is 2.30. The molecule has 1 unspecified atom stereocenters. The molecule has 0 aliphatic rings. The second kappa shape index (κ2) is 22.4. The quantitative estimate of drug-likeness (QED) is 0.590. The van der Waals surface area contributed by atoms with Crippen LogP contribution in [0.3, 0.4) is 0 Å². The van der Waals surface area contributed by atoms with Gasteiger partial charge in [0, 0.05) is 0 Å². The number of hydrogen-bond acceptors (Lipinski definition) is 2. The van der Waals surface area contributed by atoms with Crippen molar-refractivity contribution in [1.82, 2.24) is 0 Å². The molecule has 0 N–H and O–H groups in total. The number of nitroso groups, excluding NO2 is 1. The van der Waals surface area contributed by atoms with Gasteiger partial charge in [-0.15, -0.1) is 0 Å². The Bertz CT molecular complexity index is 64.9. The Labute approximate surface area is 77.7 Å². The molecule has 0 fully saturated rings. The van der Waals surface area contributed by atoms with Crippen LogP contribution in [0.4, 0.5) is 0 Å². The second-order valence-corrected chi connectivity index (χ2v) is 2.53. The van der Waals surface area contributed by atoms with Crippen LogP contribution < -0.4 is 0 Å². The van der Waals surface area contributed by atoms with E-state index in [9.17, 15) is 4.91 Å². The molecule has 0 aliphatic carbocycles. The molecule has 0 saturated heterocycles. The summed E-state index contributed by atoms with van der Waals surface area (Å²) in [7, 11) is 0. The Hall–Kier alpha value is -0.400. The van der Waals surface area contributed by atoms with Crippen LogP contribution in [0.15, 0.2) is 5.18 Å². The molecule has 2 nitrogen and oxygen atoms in total. The lowest BCUT2D eigenvalue weighted by molar-refractivity contribution is 0.575. The van der Waals surface area contributed by atoms with Gasteiger partial charge in [0.05, 0.1) is 6.54 Å². The number of nitrogens with zero attached hydrogens (tertiary/aromatic N) is 1. The second-order valence-electron chi connectivity index (χ2n) is 2.53. The predicted molar refractivity (Wildman–Crippen MR) is 57.4 cm³/mol. The van der Waals surface area contributed by atoms with Gasteiger partial charge in [-0.3, -0.25) is 0 Å². The molecule has 0 heterocycles. The fraction of sp³-hybridized carbons (Fsp3) is 1.00. The zero-order valence-electron chi connectivity index (χ0n) is 9.55. The average molecular weight is 175 g/mol. The smallest absolute Gasteiger partial charge is 0.0836 e. The minimum absolute atomic E-state index is 0.469. The Morgan fingerprint density at radius 1 is 1.17 bits per heavy atom. The lowest BCUT2D eigenvalue weighted by Crippen LogP contribution is -1.94. The van der Waals surface area contributed by atoms with E-state index >= 15 is 0 Å². The van der Waals surface area contributed by atoms with Crippen LogP contribution in [0.1, 0.15) is 54.4 Å². The summed E-state index contributed by atoms with van der Waals surface area (Å²) in [6, 6.07) is 0. The Kier molecular flexibility index (Phi) is 32.9. The molecule has 0 aromatic heterocycles. The lowest BCUT2D eigenvalue weighted by atomic mass is 10.1. The highest BCUT2D eigenvalue weighted by atomic mass is 16.3. The van der Waals surface area contributed by atoms with Crippen LogP contribution in [0.2, 0.25) is 0 Å². The standard InChI is InChI=1S/C5H11NO.C3H8.C2H6/c1-3-5(2)4-6-7;1-3-2;1-2/h5H,3-4H2,1-2H3;3H2,1-2H3;1-2H3. The number of rotatable bonds is 3. The van der Waals surface area contributed by atoms with Gasteiger partial charge in [0.2, 0.25) is 0 Å². The molecule has 0 aromatic carbocycles. The summed E-state index contributed by atoms with van der Waals surface area (Å²) in [5.41, 5.74) is 0. The molecule has 0 bridgehead atoms. The topological polar surface area (TPSA) is 29.4 Å². The SMILES string of the molecule is CC.CCC.CCC(C)CN=O. The molecule has 12 heavy (non-hydrogen) atoms. The van der Waals surface area contributed by atoms with Crippen LogP contribution in [0, 0.1) is 10.8 Å². The van der Waals surface area contributed by atoms with Gasteiger partial charge in [0.15, 0.2) is 0 Å². The molecule has 1 atom stereocenters. The summed E-state index contributed by atoms with van der Waals surface area (Å²) in [5, 5.41) is 2.76. The lowest BCUT2D eigenvalue weighted by Gasteiger charge is -1.96. The highest BCUT2D eigenvalue weighted by Gasteiger charge is 1.94. The maximum atomic E-state index is 9.52. The van der Waals surface area contributed by atoms with Crippen LogP contribution in [-0.4, -0.2) is 6.54 Å². The first kappa shape index (κ1) is 17.6. The molecule has 0 spiro atoms. The maximum Gasteiger partial charge on any atom is 0.0836 e. The normalized spacial score (nSPS) is 9.83. The first-order valence-corrected chi connectivity index (χ1v) is 5.01. The predicted octanol–water partition coefficient (Wildman–Crippen LogP) is 4.24. The molecule has 0 saturated carbocycles. The summed E-state index contributed by atoms with van der Waals surface area (Å²) in [6.45, 7) is 12.8. The molecule has 0 aromatic rings. The van der Waals surface area contributed by atoms with Gasteiger partial charge in [-0.05, 0) is 5.92 Å². The van der Waals surface area contributed by atoms with Crippen molar-refractivity contribution in [2.24, 2.45) is 11.1 Å². The average Bonchev–Trinajstić information content (AvgIpc) is 2.10. The minimum atomic E-state index is 0.469. The van der Waals surface area contributed by atoms with Crippen molar-refractivity contribution < 1.29 is 0 Å². The van der Waals surface area contributed by atoms with E-state index < -0.39 is 0 Å². The molecule has 0 aliphatic heterocycles. The summed E-state index contributed by atoms with van der Waals surface area (Å²) in [5.74, 6) is 0.470. The third kappa shape index (κ3) is 33.6. The molecule has 2 heteroatoms. The monoisotopic (exact) mass is 175 g/mol. The summed E-state index contributed by atoms with van der Waals surface area (Å²) >= 11 is 0. The van der Waals surface area contributed by atoms with Crippen molar-refractivity contribution in [2.75, 3.05) is 6.54 Å². The molecule has 0 rings (SSSR count). The fourth-order valence-corrected chi connectivity index (χ4v) is 0.256. The van der Waals surface area contributed by atoms with E-state index in [1.54, 1.807) is 0 Å². The van der Waals surface area contributed by atoms with Gasteiger partial charge in [-0.1, -0.05) is 59.6 Å². The van der Waals surface area contributed by atoms with Crippen molar-refractivity contribution in [3.8, 4) is 0 Å². The van der Waals surface area contributed by atoms with Crippen molar-refractivity contribution in [2.45, 2.75) is 54.4 Å². The molecular formula is C10H25NO. The van der Waals surface area contributed by atoms with Gasteiger partial charge in [0.1, 0.15) is 0 Å². The minimum Gasteiger partial charge on any atom is -0.151 e. The highest BCUT2D eigenvalue weighted by Crippen LogP contribution is 1.98. The molecule has 76 valence electrons. The van der Waals surface area contributed by atoms with Crippen molar-refractivity contribution >= 4 is 0 Å². The van der Waals surface area contributed by atoms with Crippen LogP contribution >= 0.6 is 0 Å². The Balaban J connectivity index is -0.000000137. The number of hydrogen-bond donors (Lipinski definition) is 0. The van der Waals surface area contributed by atoms with Gasteiger partial charge in [-0.2, -0.15) is 4.91 Å². The third-order valence-electron chi connectivity index (χ3n) is 1.08. The van der Waals surface area contributed by atoms with E-state index in [0.717, 1.165) is 6.42 Å². The summed E-state index contributed by atoms with van der Waals surface area (Å²) in [4.78, 5) is 9.52.